The summed E-state index contributed by atoms with van der Waals surface area (Å²) in [5.41, 5.74) is 1.14. The van der Waals surface area contributed by atoms with Gasteiger partial charge in [0.1, 0.15) is 12.4 Å². The molecule has 0 aliphatic carbocycles. The summed E-state index contributed by atoms with van der Waals surface area (Å²) in [4.78, 5) is 4.25. The highest BCUT2D eigenvalue weighted by Crippen LogP contribution is 2.37. The molecular weight excluding hydrogens is 334 g/mol. The summed E-state index contributed by atoms with van der Waals surface area (Å²) < 4.78 is 14.1. The van der Waals surface area contributed by atoms with Gasteiger partial charge in [-0.3, -0.25) is 0 Å². The Bertz CT molecular complexity index is 599. The smallest absolute Gasteiger partial charge is 0.176 e. The van der Waals surface area contributed by atoms with Crippen molar-refractivity contribution in [2.24, 2.45) is 7.05 Å². The lowest BCUT2D eigenvalue weighted by atomic mass is 10.2. The number of nitrogens with one attached hydrogen (secondary N) is 1. The molecule has 1 heterocycles. The first-order valence-electron chi connectivity index (χ1n) is 6.81. The van der Waals surface area contributed by atoms with Gasteiger partial charge in [0.15, 0.2) is 11.5 Å². The molecule has 0 spiro atoms. The van der Waals surface area contributed by atoms with Crippen LogP contribution in [0.25, 0.3) is 0 Å². The molecule has 0 bridgehead atoms. The summed E-state index contributed by atoms with van der Waals surface area (Å²) in [6.45, 7) is 4.20. The number of aryl methyl sites for hydroxylation is 1. The van der Waals surface area contributed by atoms with Gasteiger partial charge >= 0.3 is 0 Å². The van der Waals surface area contributed by atoms with E-state index in [9.17, 15) is 0 Å². The van der Waals surface area contributed by atoms with Crippen LogP contribution in [0.2, 0.25) is 0 Å². The highest BCUT2D eigenvalue weighted by molar-refractivity contribution is 9.10. The normalized spacial score (nSPS) is 10.7. The largest absolute Gasteiger partial charge is 0.493 e. The summed E-state index contributed by atoms with van der Waals surface area (Å²) in [6.07, 6.45) is 3.65. The lowest BCUT2D eigenvalue weighted by Gasteiger charge is -2.14. The molecule has 2 rings (SSSR count). The Morgan fingerprint density at radius 1 is 1.38 bits per heavy atom. The van der Waals surface area contributed by atoms with E-state index in [1.807, 2.05) is 29.9 Å². The van der Waals surface area contributed by atoms with Crippen molar-refractivity contribution in [2.45, 2.75) is 20.1 Å². The van der Waals surface area contributed by atoms with E-state index in [1.165, 1.54) is 0 Å². The molecule has 5 nitrogen and oxygen atoms in total. The molecule has 0 aliphatic rings. The minimum Gasteiger partial charge on any atom is -0.493 e. The van der Waals surface area contributed by atoms with Gasteiger partial charge in [0, 0.05) is 26.0 Å². The van der Waals surface area contributed by atoms with Crippen LogP contribution < -0.4 is 14.8 Å². The molecule has 0 unspecified atom stereocenters. The highest BCUT2D eigenvalue weighted by atomic mass is 79.9. The van der Waals surface area contributed by atoms with Gasteiger partial charge in [-0.15, -0.1) is 0 Å². The molecule has 0 saturated carbocycles. The van der Waals surface area contributed by atoms with Crippen LogP contribution in [0.15, 0.2) is 29.0 Å². The molecule has 0 radical (unpaired) electrons. The zero-order chi connectivity index (χ0) is 15.2. The van der Waals surface area contributed by atoms with E-state index >= 15 is 0 Å². The number of aromatic nitrogens is 2. The van der Waals surface area contributed by atoms with E-state index < -0.39 is 0 Å². The summed E-state index contributed by atoms with van der Waals surface area (Å²) >= 11 is 3.55. The number of nitrogens with zero attached hydrogens (tertiary/aromatic N) is 2. The SMILES string of the molecule is CCNCc1cc(Br)c(OCc2nccn2C)c(OC)c1. The zero-order valence-corrected chi connectivity index (χ0v) is 14.1. The highest BCUT2D eigenvalue weighted by Gasteiger charge is 2.12. The van der Waals surface area contributed by atoms with Gasteiger partial charge in [-0.1, -0.05) is 6.92 Å². The maximum atomic E-state index is 5.87. The van der Waals surface area contributed by atoms with Crippen molar-refractivity contribution >= 4 is 15.9 Å². The van der Waals surface area contributed by atoms with Crippen LogP contribution in [0.5, 0.6) is 11.5 Å². The first kappa shape index (κ1) is 15.9. The number of halogens is 1. The van der Waals surface area contributed by atoms with Gasteiger partial charge in [-0.2, -0.15) is 0 Å². The van der Waals surface area contributed by atoms with Crippen LogP contribution in [0, 0.1) is 0 Å². The summed E-state index contributed by atoms with van der Waals surface area (Å²) in [6, 6.07) is 4.03. The van der Waals surface area contributed by atoms with Gasteiger partial charge in [-0.25, -0.2) is 4.98 Å². The van der Waals surface area contributed by atoms with Crippen molar-refractivity contribution in [3.05, 3.63) is 40.4 Å². The Balaban J connectivity index is 2.16. The second kappa shape index (κ2) is 7.47. The van der Waals surface area contributed by atoms with Gasteiger partial charge in [0.2, 0.25) is 0 Å². The molecule has 21 heavy (non-hydrogen) atoms. The summed E-state index contributed by atoms with van der Waals surface area (Å²) in [7, 11) is 3.59. The average molecular weight is 354 g/mol. The maximum absolute atomic E-state index is 5.87. The fourth-order valence-corrected chi connectivity index (χ4v) is 2.56. The quantitative estimate of drug-likeness (QED) is 0.831. The number of hydrogen-bond acceptors (Lipinski definition) is 4. The molecule has 114 valence electrons. The molecule has 0 atom stereocenters. The molecule has 1 aromatic carbocycles. The number of methoxy groups -OCH3 is 1. The molecule has 0 saturated heterocycles. The second-order valence-corrected chi connectivity index (χ2v) is 5.49. The molecular formula is C15H20BrN3O2. The third kappa shape index (κ3) is 3.98. The van der Waals surface area contributed by atoms with Crippen molar-refractivity contribution in [1.29, 1.82) is 0 Å². The summed E-state index contributed by atoms with van der Waals surface area (Å²) in [5, 5.41) is 3.29. The van der Waals surface area contributed by atoms with E-state index in [1.54, 1.807) is 13.3 Å². The van der Waals surface area contributed by atoms with Crippen molar-refractivity contribution < 1.29 is 9.47 Å². The molecule has 1 aromatic heterocycles. The van der Waals surface area contributed by atoms with Crippen LogP contribution >= 0.6 is 15.9 Å². The van der Waals surface area contributed by atoms with E-state index in [4.69, 9.17) is 9.47 Å². The van der Waals surface area contributed by atoms with Gasteiger partial charge in [0.25, 0.3) is 0 Å². The van der Waals surface area contributed by atoms with E-state index in [2.05, 4.69) is 33.2 Å². The van der Waals surface area contributed by atoms with Crippen LogP contribution in [0.1, 0.15) is 18.3 Å². The van der Waals surface area contributed by atoms with E-state index in [0.717, 1.165) is 29.0 Å². The molecule has 6 heteroatoms. The minimum atomic E-state index is 0.394. The second-order valence-electron chi connectivity index (χ2n) is 4.63. The third-order valence-corrected chi connectivity index (χ3v) is 3.72. The van der Waals surface area contributed by atoms with Crippen molar-refractivity contribution in [3.63, 3.8) is 0 Å². The molecule has 1 N–H and O–H groups in total. The fraction of sp³-hybridized carbons (Fsp3) is 0.400. The van der Waals surface area contributed by atoms with E-state index in [0.29, 0.717) is 18.1 Å². The predicted molar refractivity (Wildman–Crippen MR) is 85.6 cm³/mol. The van der Waals surface area contributed by atoms with Gasteiger partial charge < -0.3 is 19.4 Å². The number of ether oxygens (including phenoxy) is 2. The Hall–Kier alpha value is -1.53. The summed E-state index contributed by atoms with van der Waals surface area (Å²) in [5.74, 6) is 2.27. The maximum Gasteiger partial charge on any atom is 0.176 e. The van der Waals surface area contributed by atoms with Crippen molar-refractivity contribution in [1.82, 2.24) is 14.9 Å². The minimum absolute atomic E-state index is 0.394. The first-order valence-corrected chi connectivity index (χ1v) is 7.61. The number of hydrogen-bond donors (Lipinski definition) is 1. The standard InChI is InChI=1S/C15H20BrN3O2/c1-4-17-9-11-7-12(16)15(13(8-11)20-3)21-10-14-18-5-6-19(14)2/h5-8,17H,4,9-10H2,1-3H3. The Kier molecular flexibility index (Phi) is 5.64. The zero-order valence-electron chi connectivity index (χ0n) is 12.5. The third-order valence-electron chi connectivity index (χ3n) is 3.13. The fourth-order valence-electron chi connectivity index (χ4n) is 1.96. The van der Waals surface area contributed by atoms with Gasteiger partial charge in [-0.05, 0) is 40.2 Å². The molecule has 0 fully saturated rings. The Morgan fingerprint density at radius 2 is 2.19 bits per heavy atom. The predicted octanol–water partition coefficient (Wildman–Crippen LogP) is 2.88. The molecule has 0 aliphatic heterocycles. The Morgan fingerprint density at radius 3 is 2.81 bits per heavy atom. The Labute approximate surface area is 133 Å². The number of rotatable bonds is 7. The van der Waals surface area contributed by atoms with Crippen LogP contribution in [0.3, 0.4) is 0 Å². The number of imidazole rings is 1. The molecule has 2 aromatic rings. The topological polar surface area (TPSA) is 48.3 Å². The van der Waals surface area contributed by atoms with Crippen LogP contribution in [0.4, 0.5) is 0 Å². The van der Waals surface area contributed by atoms with Crippen LogP contribution in [-0.4, -0.2) is 23.2 Å². The van der Waals surface area contributed by atoms with Crippen molar-refractivity contribution in [2.75, 3.05) is 13.7 Å². The van der Waals surface area contributed by atoms with Crippen molar-refractivity contribution in [3.8, 4) is 11.5 Å². The average Bonchev–Trinajstić information content (AvgIpc) is 2.88. The number of benzene rings is 1. The van der Waals surface area contributed by atoms with E-state index in [-0.39, 0.29) is 0 Å². The molecule has 0 amide bonds. The monoisotopic (exact) mass is 353 g/mol. The lowest BCUT2D eigenvalue weighted by Crippen LogP contribution is -2.12. The van der Waals surface area contributed by atoms with Crippen LogP contribution in [-0.2, 0) is 20.2 Å². The van der Waals surface area contributed by atoms with Gasteiger partial charge in [0.05, 0.1) is 11.6 Å². The lowest BCUT2D eigenvalue weighted by molar-refractivity contribution is 0.271. The first-order chi connectivity index (χ1) is 10.2.